The number of carbonyl (C=O) groups is 1. The summed E-state index contributed by atoms with van der Waals surface area (Å²) >= 11 is 1.30. The largest absolute Gasteiger partial charge is 0.469 e. The molecule has 0 saturated heterocycles. The van der Waals surface area contributed by atoms with E-state index in [1.807, 2.05) is 6.07 Å². The first-order chi connectivity index (χ1) is 9.02. The van der Waals surface area contributed by atoms with E-state index in [0.717, 1.165) is 4.70 Å². The number of para-hydroxylation sites is 1. The lowest BCUT2D eigenvalue weighted by Crippen LogP contribution is -2.22. The number of esters is 1. The fourth-order valence-corrected chi connectivity index (χ4v) is 2.57. The predicted molar refractivity (Wildman–Crippen MR) is 71.6 cm³/mol. The van der Waals surface area contributed by atoms with Crippen molar-refractivity contribution >= 4 is 32.7 Å². The number of thiazole rings is 1. The van der Waals surface area contributed by atoms with Gasteiger partial charge in [0.2, 0.25) is 0 Å². The molecule has 1 aromatic carbocycles. The van der Waals surface area contributed by atoms with E-state index in [1.165, 1.54) is 18.4 Å². The molecule has 0 saturated carbocycles. The van der Waals surface area contributed by atoms with Crippen molar-refractivity contribution in [2.75, 3.05) is 12.8 Å². The number of nitrogen functional groups attached to an aromatic ring is 1. The second-order valence-electron chi connectivity index (χ2n) is 4.04. The van der Waals surface area contributed by atoms with E-state index in [0.29, 0.717) is 16.2 Å². The van der Waals surface area contributed by atoms with Gasteiger partial charge in [0.1, 0.15) is 6.10 Å². The Hall–Kier alpha value is -1.70. The first kappa shape index (κ1) is 13.7. The number of methoxy groups -OCH3 is 1. The summed E-state index contributed by atoms with van der Waals surface area (Å²) in [7, 11) is 1.23. The predicted octanol–water partition coefficient (Wildman–Crippen LogP) is 0.836. The van der Waals surface area contributed by atoms with Crippen LogP contribution in [0.2, 0.25) is 0 Å². The third kappa shape index (κ3) is 2.83. The fraction of sp³-hybridized carbons (Fsp3) is 0.333. The average Bonchev–Trinajstić information content (AvgIpc) is 2.77. The Morgan fingerprint density at radius 2 is 2.26 bits per heavy atom. The molecule has 7 heteroatoms. The Labute approximate surface area is 113 Å². The smallest absolute Gasteiger partial charge is 0.308 e. The molecular formula is C12H14N2O4S. The van der Waals surface area contributed by atoms with Gasteiger partial charge < -0.3 is 20.7 Å². The summed E-state index contributed by atoms with van der Waals surface area (Å²) < 4.78 is 5.27. The first-order valence-electron chi connectivity index (χ1n) is 5.60. The monoisotopic (exact) mass is 282 g/mol. The molecule has 0 spiro atoms. The van der Waals surface area contributed by atoms with Crippen LogP contribution in [0.25, 0.3) is 10.2 Å². The number of fused-ring (bicyclic) bond motifs is 1. The number of aromatic nitrogens is 1. The maximum absolute atomic E-state index is 11.1. The van der Waals surface area contributed by atoms with Gasteiger partial charge in [0.05, 0.1) is 29.9 Å². The van der Waals surface area contributed by atoms with Gasteiger partial charge in [-0.1, -0.05) is 23.5 Å². The third-order valence-electron chi connectivity index (χ3n) is 2.75. The number of hydrogen-bond acceptors (Lipinski definition) is 7. The van der Waals surface area contributed by atoms with Crippen LogP contribution in [0.5, 0.6) is 0 Å². The van der Waals surface area contributed by atoms with Gasteiger partial charge >= 0.3 is 5.97 Å². The van der Waals surface area contributed by atoms with Crippen LogP contribution in [0.4, 0.5) is 5.13 Å². The van der Waals surface area contributed by atoms with Gasteiger partial charge in [0.25, 0.3) is 0 Å². The van der Waals surface area contributed by atoms with E-state index >= 15 is 0 Å². The first-order valence-corrected chi connectivity index (χ1v) is 6.42. The molecule has 0 aliphatic rings. The molecule has 0 bridgehead atoms. The van der Waals surface area contributed by atoms with E-state index in [4.69, 9.17) is 5.73 Å². The fourth-order valence-electron chi connectivity index (χ4n) is 1.80. The van der Waals surface area contributed by atoms with Crippen LogP contribution in [0.3, 0.4) is 0 Å². The van der Waals surface area contributed by atoms with E-state index in [-0.39, 0.29) is 6.42 Å². The highest BCUT2D eigenvalue weighted by molar-refractivity contribution is 7.22. The Kier molecular flexibility index (Phi) is 3.98. The van der Waals surface area contributed by atoms with Crippen LogP contribution >= 0.6 is 11.3 Å². The number of ether oxygens (including phenoxy) is 1. The molecule has 0 aliphatic carbocycles. The minimum absolute atomic E-state index is 0.284. The van der Waals surface area contributed by atoms with Gasteiger partial charge in [0, 0.05) is 5.56 Å². The van der Waals surface area contributed by atoms with Crippen molar-refractivity contribution in [3.63, 3.8) is 0 Å². The summed E-state index contributed by atoms with van der Waals surface area (Å²) in [5, 5.41) is 20.3. The number of hydrogen-bond donors (Lipinski definition) is 3. The lowest BCUT2D eigenvalue weighted by molar-refractivity contribution is -0.144. The number of carbonyl (C=O) groups excluding carboxylic acids is 1. The number of aliphatic hydroxyl groups is 2. The van der Waals surface area contributed by atoms with Crippen LogP contribution in [0.1, 0.15) is 18.1 Å². The maximum atomic E-state index is 11.1. The molecule has 0 aliphatic heterocycles. The number of nitrogens with two attached hydrogens (primary N) is 1. The number of nitrogens with zero attached hydrogens (tertiary/aromatic N) is 1. The van der Waals surface area contributed by atoms with Crippen molar-refractivity contribution in [1.82, 2.24) is 4.98 Å². The number of aliphatic hydroxyl groups excluding tert-OH is 2. The normalized spacial score (nSPS) is 14.3. The van der Waals surface area contributed by atoms with E-state index in [9.17, 15) is 15.0 Å². The molecule has 4 N–H and O–H groups in total. The Morgan fingerprint density at radius 1 is 1.53 bits per heavy atom. The summed E-state index contributed by atoms with van der Waals surface area (Å²) in [5.74, 6) is -0.587. The highest BCUT2D eigenvalue weighted by Crippen LogP contribution is 2.31. The molecule has 6 nitrogen and oxygen atoms in total. The minimum atomic E-state index is -1.25. The molecule has 0 radical (unpaired) electrons. The summed E-state index contributed by atoms with van der Waals surface area (Å²) in [6, 6.07) is 5.21. The summed E-state index contributed by atoms with van der Waals surface area (Å²) in [6.45, 7) is 0. The summed E-state index contributed by atoms with van der Waals surface area (Å²) in [6.07, 6.45) is -2.75. The van der Waals surface area contributed by atoms with Crippen LogP contribution in [0, 0.1) is 0 Å². The summed E-state index contributed by atoms with van der Waals surface area (Å²) in [4.78, 5) is 15.2. The summed E-state index contributed by atoms with van der Waals surface area (Å²) in [5.41, 5.74) is 6.62. The van der Waals surface area contributed by atoms with Gasteiger partial charge in [0.15, 0.2) is 5.13 Å². The van der Waals surface area contributed by atoms with E-state index < -0.39 is 18.2 Å². The SMILES string of the molecule is COC(=O)CC(O)C(O)c1cccc2sc(N)nc12. The quantitative estimate of drug-likeness (QED) is 0.717. The molecule has 2 rings (SSSR count). The molecule has 2 aromatic rings. The molecule has 0 amide bonds. The standard InChI is InChI=1S/C12H14N2O4S/c1-18-9(16)5-7(15)11(17)6-3-2-4-8-10(6)14-12(13)19-8/h2-4,7,11,15,17H,5H2,1H3,(H2,13,14). The lowest BCUT2D eigenvalue weighted by atomic mass is 10.0. The van der Waals surface area contributed by atoms with Crippen molar-refractivity contribution in [2.45, 2.75) is 18.6 Å². The Balaban J connectivity index is 2.30. The molecule has 1 aromatic heterocycles. The third-order valence-corrected chi connectivity index (χ3v) is 3.60. The molecular weight excluding hydrogens is 268 g/mol. The van der Waals surface area contributed by atoms with Crippen LogP contribution in [-0.2, 0) is 9.53 Å². The second-order valence-corrected chi connectivity index (χ2v) is 5.10. The molecule has 2 atom stereocenters. The average molecular weight is 282 g/mol. The molecule has 19 heavy (non-hydrogen) atoms. The van der Waals surface area contributed by atoms with Gasteiger partial charge in [-0.3, -0.25) is 4.79 Å². The number of rotatable bonds is 4. The van der Waals surface area contributed by atoms with Gasteiger partial charge in [-0.2, -0.15) is 0 Å². The van der Waals surface area contributed by atoms with Crippen LogP contribution in [0.15, 0.2) is 18.2 Å². The van der Waals surface area contributed by atoms with E-state index in [1.54, 1.807) is 12.1 Å². The maximum Gasteiger partial charge on any atom is 0.308 e. The van der Waals surface area contributed by atoms with Crippen LogP contribution in [-0.4, -0.2) is 34.4 Å². The topological polar surface area (TPSA) is 106 Å². The van der Waals surface area contributed by atoms with Gasteiger partial charge in [-0.25, -0.2) is 4.98 Å². The van der Waals surface area contributed by atoms with Crippen molar-refractivity contribution in [2.24, 2.45) is 0 Å². The zero-order valence-electron chi connectivity index (χ0n) is 10.2. The molecule has 102 valence electrons. The van der Waals surface area contributed by atoms with Crippen molar-refractivity contribution in [3.05, 3.63) is 23.8 Å². The highest BCUT2D eigenvalue weighted by Gasteiger charge is 2.24. The van der Waals surface area contributed by atoms with Crippen molar-refractivity contribution < 1.29 is 19.7 Å². The Morgan fingerprint density at radius 3 is 2.95 bits per heavy atom. The minimum Gasteiger partial charge on any atom is -0.469 e. The lowest BCUT2D eigenvalue weighted by Gasteiger charge is -2.17. The Bertz CT molecular complexity index is 598. The molecule has 2 unspecified atom stereocenters. The van der Waals surface area contributed by atoms with Crippen LogP contribution < -0.4 is 5.73 Å². The number of benzene rings is 1. The zero-order valence-corrected chi connectivity index (χ0v) is 11.1. The van der Waals surface area contributed by atoms with Gasteiger partial charge in [-0.15, -0.1) is 0 Å². The second kappa shape index (κ2) is 5.52. The van der Waals surface area contributed by atoms with Crippen molar-refractivity contribution in [1.29, 1.82) is 0 Å². The van der Waals surface area contributed by atoms with Crippen molar-refractivity contribution in [3.8, 4) is 0 Å². The molecule has 1 heterocycles. The number of anilines is 1. The highest BCUT2D eigenvalue weighted by atomic mass is 32.1. The van der Waals surface area contributed by atoms with Gasteiger partial charge in [-0.05, 0) is 6.07 Å². The van der Waals surface area contributed by atoms with E-state index in [2.05, 4.69) is 9.72 Å². The molecule has 0 fully saturated rings. The zero-order chi connectivity index (χ0) is 14.0.